The predicted octanol–water partition coefficient (Wildman–Crippen LogP) is 2.12. The van der Waals surface area contributed by atoms with Crippen molar-refractivity contribution in [2.45, 2.75) is 38.2 Å². The SMILES string of the molecule is O=C(Nc1cccnc1)C1CCN(\C2=c3/cnc(NCC4=CCC(O)C=C4)n/c3=C/C=C/CC2)CC1. The fourth-order valence-corrected chi connectivity index (χ4v) is 4.83. The molecule has 0 spiro atoms. The molecule has 0 bridgehead atoms. The van der Waals surface area contributed by atoms with Gasteiger partial charge in [0, 0.05) is 48.9 Å². The summed E-state index contributed by atoms with van der Waals surface area (Å²) in [6.07, 6.45) is 21.1. The summed E-state index contributed by atoms with van der Waals surface area (Å²) in [5.74, 6) is 0.650. The highest BCUT2D eigenvalue weighted by Crippen LogP contribution is 2.24. The van der Waals surface area contributed by atoms with Crippen LogP contribution in [-0.2, 0) is 4.79 Å². The third-order valence-corrected chi connectivity index (χ3v) is 6.85. The monoisotopic (exact) mass is 484 g/mol. The number of aliphatic hydroxyl groups excluding tert-OH is 1. The van der Waals surface area contributed by atoms with E-state index in [2.05, 4.69) is 37.7 Å². The van der Waals surface area contributed by atoms with Gasteiger partial charge in [-0.3, -0.25) is 9.78 Å². The van der Waals surface area contributed by atoms with Crippen molar-refractivity contribution in [3.63, 3.8) is 0 Å². The van der Waals surface area contributed by atoms with E-state index in [9.17, 15) is 9.90 Å². The van der Waals surface area contributed by atoms with Crippen molar-refractivity contribution in [2.75, 3.05) is 30.3 Å². The molecule has 0 aromatic carbocycles. The van der Waals surface area contributed by atoms with Crippen molar-refractivity contribution >= 4 is 29.3 Å². The van der Waals surface area contributed by atoms with Gasteiger partial charge in [0.05, 0.1) is 23.3 Å². The van der Waals surface area contributed by atoms with E-state index in [0.717, 1.165) is 60.6 Å². The molecule has 8 nitrogen and oxygen atoms in total. The first-order valence-electron chi connectivity index (χ1n) is 12.6. The van der Waals surface area contributed by atoms with E-state index in [1.165, 1.54) is 5.70 Å². The second-order valence-electron chi connectivity index (χ2n) is 9.36. The molecular weight excluding hydrogens is 452 g/mol. The van der Waals surface area contributed by atoms with Crippen LogP contribution in [0.3, 0.4) is 0 Å². The number of aliphatic hydroxyl groups is 1. The van der Waals surface area contributed by atoms with Gasteiger partial charge in [0.1, 0.15) is 0 Å². The van der Waals surface area contributed by atoms with Crippen molar-refractivity contribution in [3.8, 4) is 0 Å². The van der Waals surface area contributed by atoms with Crippen LogP contribution in [-0.4, -0.2) is 56.6 Å². The maximum Gasteiger partial charge on any atom is 0.227 e. The number of fused-ring (bicyclic) bond motifs is 1. The van der Waals surface area contributed by atoms with Crippen molar-refractivity contribution in [3.05, 3.63) is 77.2 Å². The minimum Gasteiger partial charge on any atom is -0.389 e. The van der Waals surface area contributed by atoms with Crippen LogP contribution in [0.2, 0.25) is 0 Å². The first-order chi connectivity index (χ1) is 17.7. The average Bonchev–Trinajstić information content (AvgIpc) is 2.90. The van der Waals surface area contributed by atoms with Gasteiger partial charge in [-0.05, 0) is 55.9 Å². The number of pyridine rings is 1. The van der Waals surface area contributed by atoms with Crippen LogP contribution in [0.15, 0.2) is 66.7 Å². The molecule has 1 aliphatic heterocycles. The lowest BCUT2D eigenvalue weighted by Crippen LogP contribution is -2.42. The van der Waals surface area contributed by atoms with Crippen molar-refractivity contribution in [2.24, 2.45) is 5.92 Å². The maximum atomic E-state index is 12.8. The summed E-state index contributed by atoms with van der Waals surface area (Å²) in [7, 11) is 0. The lowest BCUT2D eigenvalue weighted by molar-refractivity contribution is -0.121. The molecule has 1 atom stereocenters. The van der Waals surface area contributed by atoms with Gasteiger partial charge in [-0.15, -0.1) is 0 Å². The van der Waals surface area contributed by atoms with Gasteiger partial charge in [0.25, 0.3) is 0 Å². The van der Waals surface area contributed by atoms with Gasteiger partial charge in [0.2, 0.25) is 11.9 Å². The van der Waals surface area contributed by atoms with Gasteiger partial charge < -0.3 is 20.6 Å². The largest absolute Gasteiger partial charge is 0.389 e. The molecule has 2 aromatic heterocycles. The fraction of sp³-hybridized carbons (Fsp3) is 0.357. The van der Waals surface area contributed by atoms with E-state index in [1.54, 1.807) is 12.4 Å². The van der Waals surface area contributed by atoms with E-state index in [0.29, 0.717) is 18.9 Å². The van der Waals surface area contributed by atoms with Gasteiger partial charge in [-0.25, -0.2) is 9.97 Å². The summed E-state index contributed by atoms with van der Waals surface area (Å²) in [6, 6.07) is 3.69. The Balaban J connectivity index is 1.29. The van der Waals surface area contributed by atoms with E-state index in [4.69, 9.17) is 4.98 Å². The third kappa shape index (κ3) is 5.88. The van der Waals surface area contributed by atoms with Gasteiger partial charge in [-0.1, -0.05) is 30.4 Å². The number of allylic oxidation sites excluding steroid dienone is 2. The number of hydrogen-bond acceptors (Lipinski definition) is 7. The Hall–Kier alpha value is -3.78. The molecule has 3 aliphatic rings. The number of nitrogens with zero attached hydrogens (tertiary/aromatic N) is 4. The highest BCUT2D eigenvalue weighted by Gasteiger charge is 2.26. The van der Waals surface area contributed by atoms with Crippen molar-refractivity contribution < 1.29 is 9.90 Å². The Morgan fingerprint density at radius 1 is 1.22 bits per heavy atom. The molecule has 1 fully saturated rings. The van der Waals surface area contributed by atoms with Crippen molar-refractivity contribution in [1.82, 2.24) is 19.9 Å². The summed E-state index contributed by atoms with van der Waals surface area (Å²) in [5, 5.41) is 17.9. The van der Waals surface area contributed by atoms with Crippen molar-refractivity contribution in [1.29, 1.82) is 0 Å². The molecule has 3 heterocycles. The lowest BCUT2D eigenvalue weighted by Gasteiger charge is -2.35. The standard InChI is InChI=1S/C28H32N6O2/c35-23-10-8-20(9-11-23)17-30-28-31-19-24-25(33-28)6-2-1-3-7-26(24)34-15-12-21(13-16-34)27(36)32-22-5-4-14-29-18-22/h1-2,4-6,8-10,14,18-19,21,23,35H,3,7,11-13,15-17H2,(H,30,33)(H,32,36)/b2-1+,25-6+,26-24+. The number of carbonyl (C=O) groups is 1. The minimum absolute atomic E-state index is 0.00591. The van der Waals surface area contributed by atoms with Crippen LogP contribution >= 0.6 is 0 Å². The zero-order valence-electron chi connectivity index (χ0n) is 20.3. The van der Waals surface area contributed by atoms with Crippen LogP contribution in [0, 0.1) is 5.92 Å². The molecule has 1 unspecified atom stereocenters. The minimum atomic E-state index is -0.391. The number of hydrogen-bond donors (Lipinski definition) is 3. The second kappa shape index (κ2) is 11.3. The Morgan fingerprint density at radius 3 is 2.89 bits per heavy atom. The van der Waals surface area contributed by atoms with E-state index in [-0.39, 0.29) is 11.8 Å². The fourth-order valence-electron chi connectivity index (χ4n) is 4.83. The molecule has 0 saturated carbocycles. The average molecular weight is 485 g/mol. The number of piperidine rings is 1. The Kier molecular flexibility index (Phi) is 7.52. The smallest absolute Gasteiger partial charge is 0.227 e. The van der Waals surface area contributed by atoms with Crippen LogP contribution in [0.25, 0.3) is 11.8 Å². The number of anilines is 2. The number of amides is 1. The summed E-state index contributed by atoms with van der Waals surface area (Å²) >= 11 is 0. The maximum absolute atomic E-state index is 12.8. The lowest BCUT2D eigenvalue weighted by atomic mass is 9.94. The Labute approximate surface area is 210 Å². The normalized spacial score (nSPS) is 23.4. The Bertz CT molecular complexity index is 1290. The van der Waals surface area contributed by atoms with E-state index >= 15 is 0 Å². The molecule has 1 saturated heterocycles. The summed E-state index contributed by atoms with van der Waals surface area (Å²) in [6.45, 7) is 2.27. The predicted molar refractivity (Wildman–Crippen MR) is 141 cm³/mol. The zero-order chi connectivity index (χ0) is 24.7. The third-order valence-electron chi connectivity index (χ3n) is 6.85. The number of likely N-dealkylation sites (tertiary alicyclic amines) is 1. The molecule has 0 radical (unpaired) electrons. The molecule has 1 amide bonds. The number of nitrogens with one attached hydrogen (secondary N) is 2. The summed E-state index contributed by atoms with van der Waals surface area (Å²) < 4.78 is 0. The van der Waals surface area contributed by atoms with Crippen LogP contribution in [0.5, 0.6) is 0 Å². The second-order valence-corrected chi connectivity index (χ2v) is 9.36. The molecule has 5 rings (SSSR count). The zero-order valence-corrected chi connectivity index (χ0v) is 20.3. The van der Waals surface area contributed by atoms with Crippen LogP contribution < -0.4 is 21.2 Å². The highest BCUT2D eigenvalue weighted by molar-refractivity contribution is 5.92. The number of rotatable bonds is 6. The molecule has 2 aromatic rings. The molecule has 186 valence electrons. The Morgan fingerprint density at radius 2 is 2.11 bits per heavy atom. The summed E-state index contributed by atoms with van der Waals surface area (Å²) in [4.78, 5) is 28.6. The molecule has 3 N–H and O–H groups in total. The summed E-state index contributed by atoms with van der Waals surface area (Å²) in [5.41, 5.74) is 3.10. The van der Waals surface area contributed by atoms with Gasteiger partial charge in [0.15, 0.2) is 0 Å². The first-order valence-corrected chi connectivity index (χ1v) is 12.6. The van der Waals surface area contributed by atoms with Gasteiger partial charge in [-0.2, -0.15) is 0 Å². The number of aromatic nitrogens is 3. The molecular formula is C28H32N6O2. The van der Waals surface area contributed by atoms with Crippen LogP contribution in [0.1, 0.15) is 32.1 Å². The quantitative estimate of drug-likeness (QED) is 0.577. The van der Waals surface area contributed by atoms with Gasteiger partial charge >= 0.3 is 0 Å². The van der Waals surface area contributed by atoms with E-state index < -0.39 is 6.10 Å². The topological polar surface area (TPSA) is 103 Å². The first kappa shape index (κ1) is 23.9. The molecule has 2 aliphatic carbocycles. The molecule has 36 heavy (non-hydrogen) atoms. The number of carbonyl (C=O) groups excluding carboxylic acids is 1. The van der Waals surface area contributed by atoms with E-state index in [1.807, 2.05) is 42.6 Å². The van der Waals surface area contributed by atoms with Crippen LogP contribution in [0.4, 0.5) is 11.6 Å². The highest BCUT2D eigenvalue weighted by atomic mass is 16.3. The molecule has 8 heteroatoms.